The Balaban J connectivity index is 2.40. The fourth-order valence-electron chi connectivity index (χ4n) is 2.68. The van der Waals surface area contributed by atoms with Crippen LogP contribution in [0.1, 0.15) is 25.3 Å². The summed E-state index contributed by atoms with van der Waals surface area (Å²) in [4.78, 5) is 0. The Morgan fingerprint density at radius 1 is 1.14 bits per heavy atom. The van der Waals surface area contributed by atoms with E-state index in [9.17, 15) is 4.48 Å². The summed E-state index contributed by atoms with van der Waals surface area (Å²) >= 11 is 0. The van der Waals surface area contributed by atoms with Gasteiger partial charge in [0.1, 0.15) is 0 Å². The van der Waals surface area contributed by atoms with Crippen molar-refractivity contribution in [2.45, 2.75) is 19.8 Å². The van der Waals surface area contributed by atoms with Crippen molar-refractivity contribution in [1.82, 2.24) is 5.12 Å². The van der Waals surface area contributed by atoms with Gasteiger partial charge in [0.2, 0.25) is 0 Å². The average molecular weight is 283 g/mol. The van der Waals surface area contributed by atoms with Crippen molar-refractivity contribution in [3.8, 4) is 0 Å². The number of nitrogens with zero attached hydrogens (tertiary/aromatic N) is 1. The molecule has 0 atom stereocenters. The van der Waals surface area contributed by atoms with Gasteiger partial charge >= 0.3 is 0 Å². The van der Waals surface area contributed by atoms with Crippen molar-refractivity contribution >= 4 is 5.57 Å². The van der Waals surface area contributed by atoms with Gasteiger partial charge in [0.05, 0.1) is 0 Å². The molecular weight excluding hydrogens is 261 g/mol. The standard InChI is InChI=1S/C19H22FN/c1-3-4-6-9-16(2)19(17-10-7-5-8-11-17)18-12-14-21(20)15-13-18/h3-11H,1,12-15H2,2H3/b6-4-,16-9+. The maximum absolute atomic E-state index is 13.2. The molecule has 0 bridgehead atoms. The van der Waals surface area contributed by atoms with Crippen molar-refractivity contribution in [1.29, 1.82) is 0 Å². The summed E-state index contributed by atoms with van der Waals surface area (Å²) in [7, 11) is 0. The molecular formula is C19H22FN. The van der Waals surface area contributed by atoms with Crippen LogP contribution in [-0.2, 0) is 0 Å². The van der Waals surface area contributed by atoms with E-state index in [1.807, 2.05) is 30.4 Å². The van der Waals surface area contributed by atoms with Gasteiger partial charge in [-0.3, -0.25) is 0 Å². The molecule has 0 radical (unpaired) electrons. The number of rotatable bonds is 4. The minimum absolute atomic E-state index is 0.488. The van der Waals surface area contributed by atoms with E-state index in [1.165, 1.54) is 22.3 Å². The van der Waals surface area contributed by atoms with Gasteiger partial charge in [0, 0.05) is 13.1 Å². The molecule has 2 heteroatoms. The molecule has 0 N–H and O–H groups in total. The smallest absolute Gasteiger partial charge is 0.0328 e. The Hall–Kier alpha value is -1.93. The number of benzene rings is 1. The van der Waals surface area contributed by atoms with E-state index < -0.39 is 0 Å². The Labute approximate surface area is 126 Å². The van der Waals surface area contributed by atoms with E-state index >= 15 is 0 Å². The Bertz CT molecular complexity index is 556. The van der Waals surface area contributed by atoms with Gasteiger partial charge in [-0.25, -0.2) is 0 Å². The second kappa shape index (κ2) is 7.75. The third kappa shape index (κ3) is 4.27. The molecule has 1 aromatic rings. The van der Waals surface area contributed by atoms with Gasteiger partial charge in [-0.1, -0.05) is 66.8 Å². The van der Waals surface area contributed by atoms with E-state index in [2.05, 4.69) is 31.7 Å². The predicted octanol–water partition coefficient (Wildman–Crippen LogP) is 5.11. The van der Waals surface area contributed by atoms with E-state index in [0.29, 0.717) is 13.1 Å². The average Bonchev–Trinajstić information content (AvgIpc) is 2.51. The molecule has 1 saturated heterocycles. The summed E-state index contributed by atoms with van der Waals surface area (Å²) in [6.07, 6.45) is 9.35. The van der Waals surface area contributed by atoms with Crippen LogP contribution < -0.4 is 0 Å². The zero-order valence-corrected chi connectivity index (χ0v) is 12.6. The van der Waals surface area contributed by atoms with Crippen LogP contribution in [0.25, 0.3) is 5.57 Å². The molecule has 1 aromatic carbocycles. The Kier molecular flexibility index (Phi) is 5.70. The normalized spacial score (nSPS) is 17.2. The highest BCUT2D eigenvalue weighted by atomic mass is 19.2. The van der Waals surface area contributed by atoms with Gasteiger partial charge in [0.25, 0.3) is 0 Å². The number of piperidine rings is 1. The molecule has 1 nitrogen and oxygen atoms in total. The molecule has 0 saturated carbocycles. The fraction of sp³-hybridized carbons (Fsp3) is 0.263. The highest BCUT2D eigenvalue weighted by Crippen LogP contribution is 2.32. The van der Waals surface area contributed by atoms with Crippen LogP contribution in [0.2, 0.25) is 0 Å². The van der Waals surface area contributed by atoms with Crippen LogP contribution in [0.15, 0.2) is 72.4 Å². The molecule has 21 heavy (non-hydrogen) atoms. The third-order valence-corrected chi connectivity index (χ3v) is 3.72. The first-order valence-electron chi connectivity index (χ1n) is 7.37. The van der Waals surface area contributed by atoms with E-state index in [4.69, 9.17) is 0 Å². The number of hydrogen-bond acceptors (Lipinski definition) is 1. The Morgan fingerprint density at radius 3 is 2.43 bits per heavy atom. The maximum Gasteiger partial charge on any atom is 0.0328 e. The van der Waals surface area contributed by atoms with Crippen molar-refractivity contribution < 1.29 is 4.48 Å². The third-order valence-electron chi connectivity index (χ3n) is 3.72. The van der Waals surface area contributed by atoms with E-state index in [0.717, 1.165) is 18.0 Å². The molecule has 1 aliphatic rings. The Morgan fingerprint density at radius 2 is 1.81 bits per heavy atom. The lowest BCUT2D eigenvalue weighted by Gasteiger charge is -2.24. The number of hydrogen-bond donors (Lipinski definition) is 0. The van der Waals surface area contributed by atoms with Gasteiger partial charge < -0.3 is 0 Å². The maximum atomic E-state index is 13.2. The first-order chi connectivity index (χ1) is 10.2. The second-order valence-corrected chi connectivity index (χ2v) is 5.22. The number of halogens is 1. The van der Waals surface area contributed by atoms with Gasteiger partial charge in [-0.2, -0.15) is 0 Å². The van der Waals surface area contributed by atoms with Gasteiger partial charge in [-0.05, 0) is 36.5 Å². The first kappa shape index (κ1) is 15.5. The van der Waals surface area contributed by atoms with Gasteiger partial charge in [0.15, 0.2) is 0 Å². The molecule has 0 unspecified atom stereocenters. The van der Waals surface area contributed by atoms with E-state index in [-0.39, 0.29) is 0 Å². The molecule has 0 aromatic heterocycles. The molecule has 1 fully saturated rings. The highest BCUT2D eigenvalue weighted by molar-refractivity contribution is 5.81. The SMILES string of the molecule is C=C/C=C\C=C(/C)C(=C1CCN(F)CC1)c1ccccc1. The van der Waals surface area contributed by atoms with Crippen LogP contribution in [0.5, 0.6) is 0 Å². The summed E-state index contributed by atoms with van der Waals surface area (Å²) in [6.45, 7) is 6.77. The van der Waals surface area contributed by atoms with Crippen molar-refractivity contribution in [2.24, 2.45) is 0 Å². The van der Waals surface area contributed by atoms with Crippen LogP contribution in [0.4, 0.5) is 4.48 Å². The summed E-state index contributed by atoms with van der Waals surface area (Å²) in [5, 5.41) is 0.906. The van der Waals surface area contributed by atoms with Crippen LogP contribution in [0.3, 0.4) is 0 Å². The van der Waals surface area contributed by atoms with E-state index in [1.54, 1.807) is 6.08 Å². The van der Waals surface area contributed by atoms with Crippen molar-refractivity contribution in [2.75, 3.05) is 13.1 Å². The zero-order chi connectivity index (χ0) is 15.1. The van der Waals surface area contributed by atoms with Crippen molar-refractivity contribution in [3.63, 3.8) is 0 Å². The topological polar surface area (TPSA) is 3.24 Å². The minimum Gasteiger partial charge on any atom is -0.146 e. The highest BCUT2D eigenvalue weighted by Gasteiger charge is 2.18. The minimum atomic E-state index is 0.488. The first-order valence-corrected chi connectivity index (χ1v) is 7.37. The van der Waals surface area contributed by atoms with Gasteiger partial charge in [-0.15, -0.1) is 9.60 Å². The molecule has 2 rings (SSSR count). The zero-order valence-electron chi connectivity index (χ0n) is 12.6. The summed E-state index contributed by atoms with van der Waals surface area (Å²) in [5.41, 5.74) is 5.02. The molecule has 0 spiro atoms. The van der Waals surface area contributed by atoms with Crippen LogP contribution in [0, 0.1) is 0 Å². The lowest BCUT2D eigenvalue weighted by Crippen LogP contribution is -2.23. The predicted molar refractivity (Wildman–Crippen MR) is 88.4 cm³/mol. The lowest BCUT2D eigenvalue weighted by atomic mass is 9.89. The largest absolute Gasteiger partial charge is 0.146 e. The second-order valence-electron chi connectivity index (χ2n) is 5.22. The molecule has 0 amide bonds. The molecule has 110 valence electrons. The lowest BCUT2D eigenvalue weighted by molar-refractivity contribution is 0.0175. The molecule has 1 aliphatic heterocycles. The summed E-state index contributed by atoms with van der Waals surface area (Å²) in [5.74, 6) is 0. The fourth-order valence-corrected chi connectivity index (χ4v) is 2.68. The molecule has 1 heterocycles. The monoisotopic (exact) mass is 283 g/mol. The summed E-state index contributed by atoms with van der Waals surface area (Å²) < 4.78 is 13.2. The van der Waals surface area contributed by atoms with Crippen LogP contribution >= 0.6 is 0 Å². The van der Waals surface area contributed by atoms with Crippen molar-refractivity contribution in [3.05, 3.63) is 77.9 Å². The molecule has 0 aliphatic carbocycles. The number of allylic oxidation sites excluding steroid dienone is 6. The van der Waals surface area contributed by atoms with Crippen LogP contribution in [-0.4, -0.2) is 18.2 Å². The quantitative estimate of drug-likeness (QED) is 0.548. The summed E-state index contributed by atoms with van der Waals surface area (Å²) in [6, 6.07) is 10.4.